The Morgan fingerprint density at radius 1 is 0.829 bits per heavy atom. The van der Waals surface area contributed by atoms with E-state index in [1.165, 1.54) is 64.0 Å². The van der Waals surface area contributed by atoms with Gasteiger partial charge in [0.1, 0.15) is 30.0 Å². The number of hydrogen-bond acceptors (Lipinski definition) is 6. The van der Waals surface area contributed by atoms with Crippen LogP contribution in [-0.4, -0.2) is 21.3 Å². The number of methoxy groups -OCH3 is 3. The van der Waals surface area contributed by atoms with Crippen LogP contribution in [0.1, 0.15) is 11.1 Å². The summed E-state index contributed by atoms with van der Waals surface area (Å²) in [5.74, 6) is 1.49. The summed E-state index contributed by atoms with van der Waals surface area (Å²) in [4.78, 5) is 13.2. The van der Waals surface area contributed by atoms with E-state index in [-0.39, 0.29) is 39.9 Å². The zero-order valence-electron chi connectivity index (χ0n) is 19.1. The molecule has 0 fully saturated rings. The summed E-state index contributed by atoms with van der Waals surface area (Å²) in [6, 6.07) is 12.9. The van der Waals surface area contributed by atoms with Gasteiger partial charge in [0.2, 0.25) is 5.43 Å². The average molecular weight is 486 g/mol. The lowest BCUT2D eigenvalue weighted by Gasteiger charge is -2.14. The van der Waals surface area contributed by atoms with Crippen LogP contribution in [0.5, 0.6) is 23.0 Å². The van der Waals surface area contributed by atoms with Crippen LogP contribution in [0.25, 0.3) is 22.1 Å². The van der Waals surface area contributed by atoms with E-state index in [1.807, 2.05) is 0 Å². The molecule has 35 heavy (non-hydrogen) atoms. The van der Waals surface area contributed by atoms with Gasteiger partial charge in [0.25, 0.3) is 0 Å². The van der Waals surface area contributed by atoms with Crippen molar-refractivity contribution in [3.8, 4) is 34.1 Å². The topological polar surface area (TPSA) is 67.1 Å². The second-order valence-electron chi connectivity index (χ2n) is 7.49. The number of alkyl halides is 3. The minimum atomic E-state index is -4.49. The molecule has 9 heteroatoms. The monoisotopic (exact) mass is 486 g/mol. The highest BCUT2D eigenvalue weighted by atomic mass is 19.4. The summed E-state index contributed by atoms with van der Waals surface area (Å²) in [5, 5.41) is 0.266. The third kappa shape index (κ3) is 4.75. The van der Waals surface area contributed by atoms with E-state index in [1.54, 1.807) is 12.1 Å². The number of ether oxygens (including phenoxy) is 4. The molecule has 1 heterocycles. The molecule has 4 aromatic rings. The molecule has 0 saturated carbocycles. The largest absolute Gasteiger partial charge is 0.496 e. The molecule has 182 valence electrons. The average Bonchev–Trinajstić information content (AvgIpc) is 2.86. The molecule has 0 bridgehead atoms. The maximum atomic E-state index is 13.2. The van der Waals surface area contributed by atoms with Gasteiger partial charge in [-0.25, -0.2) is 0 Å². The van der Waals surface area contributed by atoms with E-state index >= 15 is 0 Å². The van der Waals surface area contributed by atoms with Crippen LogP contribution in [-0.2, 0) is 12.8 Å². The van der Waals surface area contributed by atoms with Crippen molar-refractivity contribution < 1.29 is 36.5 Å². The van der Waals surface area contributed by atoms with Gasteiger partial charge in [-0.15, -0.1) is 0 Å². The van der Waals surface area contributed by atoms with Gasteiger partial charge in [-0.2, -0.15) is 13.2 Å². The molecule has 0 aliphatic heterocycles. The van der Waals surface area contributed by atoms with Crippen LogP contribution < -0.4 is 24.4 Å². The fourth-order valence-corrected chi connectivity index (χ4v) is 3.71. The first kappa shape index (κ1) is 24.0. The molecule has 0 unspecified atom stereocenters. The SMILES string of the molecule is COc1cc(OC)c(-c2coc3cc(OCc4ccccc4C(F)(F)F)ccc3c2=O)cc1OC. The molecule has 0 N–H and O–H groups in total. The normalized spacial score (nSPS) is 11.4. The second kappa shape index (κ2) is 9.61. The maximum absolute atomic E-state index is 13.2. The number of halogens is 3. The smallest absolute Gasteiger partial charge is 0.416 e. The predicted octanol–water partition coefficient (Wildman–Crippen LogP) is 6.08. The van der Waals surface area contributed by atoms with Gasteiger partial charge < -0.3 is 23.4 Å². The Kier molecular flexibility index (Phi) is 6.59. The lowest BCUT2D eigenvalue weighted by atomic mass is 10.0. The van der Waals surface area contributed by atoms with Gasteiger partial charge in [0.05, 0.1) is 37.8 Å². The first-order valence-electron chi connectivity index (χ1n) is 10.4. The van der Waals surface area contributed by atoms with Crippen molar-refractivity contribution >= 4 is 11.0 Å². The lowest BCUT2D eigenvalue weighted by Crippen LogP contribution is -2.10. The van der Waals surface area contributed by atoms with Crippen LogP contribution in [0.2, 0.25) is 0 Å². The number of fused-ring (bicyclic) bond motifs is 1. The molecule has 0 aliphatic rings. The summed E-state index contributed by atoms with van der Waals surface area (Å²) < 4.78 is 67.0. The predicted molar refractivity (Wildman–Crippen MR) is 123 cm³/mol. The van der Waals surface area contributed by atoms with E-state index in [0.29, 0.717) is 22.8 Å². The Morgan fingerprint density at radius 3 is 2.20 bits per heavy atom. The maximum Gasteiger partial charge on any atom is 0.416 e. The highest BCUT2D eigenvalue weighted by molar-refractivity contribution is 5.84. The zero-order chi connectivity index (χ0) is 25.2. The summed E-state index contributed by atoms with van der Waals surface area (Å²) in [6.45, 7) is -0.299. The van der Waals surface area contributed by atoms with Gasteiger partial charge in [-0.1, -0.05) is 18.2 Å². The standard InChI is InChI=1S/C26H21F3O6/c1-31-21-12-24(33-3)23(32-2)11-18(21)19-14-35-22-10-16(8-9-17(22)25(19)30)34-13-15-6-4-5-7-20(15)26(27,28)29/h4-12,14H,13H2,1-3H3. The molecule has 1 aromatic heterocycles. The minimum absolute atomic E-state index is 0.00237. The Morgan fingerprint density at radius 2 is 1.51 bits per heavy atom. The molecule has 0 radical (unpaired) electrons. The van der Waals surface area contributed by atoms with E-state index in [2.05, 4.69) is 0 Å². The molecular weight excluding hydrogens is 465 g/mol. The van der Waals surface area contributed by atoms with Gasteiger partial charge in [-0.3, -0.25) is 4.79 Å². The molecule has 4 rings (SSSR count). The van der Waals surface area contributed by atoms with Crippen LogP contribution in [0.4, 0.5) is 13.2 Å². The summed E-state index contributed by atoms with van der Waals surface area (Å²) in [6.07, 6.45) is -3.20. The number of benzene rings is 3. The quantitative estimate of drug-likeness (QED) is 0.315. The van der Waals surface area contributed by atoms with Crippen molar-refractivity contribution in [2.45, 2.75) is 12.8 Å². The Bertz CT molecular complexity index is 1430. The fraction of sp³-hybridized carbons (Fsp3) is 0.192. The van der Waals surface area contributed by atoms with E-state index < -0.39 is 11.7 Å². The van der Waals surface area contributed by atoms with Crippen molar-refractivity contribution in [3.63, 3.8) is 0 Å². The Balaban J connectivity index is 1.68. The third-order valence-corrected chi connectivity index (χ3v) is 5.46. The summed E-state index contributed by atoms with van der Waals surface area (Å²) in [7, 11) is 4.43. The Hall–Kier alpha value is -4.14. The first-order chi connectivity index (χ1) is 16.8. The summed E-state index contributed by atoms with van der Waals surface area (Å²) in [5.41, 5.74) is -0.184. The Labute approximate surface area is 198 Å². The number of hydrogen-bond donors (Lipinski definition) is 0. The third-order valence-electron chi connectivity index (χ3n) is 5.46. The number of rotatable bonds is 7. The second-order valence-corrected chi connectivity index (χ2v) is 7.49. The van der Waals surface area contributed by atoms with E-state index in [0.717, 1.165) is 6.07 Å². The van der Waals surface area contributed by atoms with Gasteiger partial charge in [-0.05, 0) is 24.3 Å². The van der Waals surface area contributed by atoms with E-state index in [4.69, 9.17) is 23.4 Å². The summed E-state index contributed by atoms with van der Waals surface area (Å²) >= 11 is 0. The fourth-order valence-electron chi connectivity index (χ4n) is 3.71. The molecule has 3 aromatic carbocycles. The molecule has 0 spiro atoms. The molecule has 0 aliphatic carbocycles. The van der Waals surface area contributed by atoms with Crippen LogP contribution in [0.3, 0.4) is 0 Å². The molecule has 0 atom stereocenters. The molecule has 0 saturated heterocycles. The van der Waals surface area contributed by atoms with E-state index in [9.17, 15) is 18.0 Å². The lowest BCUT2D eigenvalue weighted by molar-refractivity contribution is -0.138. The molecular formula is C26H21F3O6. The van der Waals surface area contributed by atoms with Crippen molar-refractivity contribution in [1.82, 2.24) is 0 Å². The van der Waals surface area contributed by atoms with Gasteiger partial charge in [0.15, 0.2) is 11.5 Å². The highest BCUT2D eigenvalue weighted by Crippen LogP contribution is 2.39. The highest BCUT2D eigenvalue weighted by Gasteiger charge is 2.33. The van der Waals surface area contributed by atoms with Gasteiger partial charge in [0, 0.05) is 23.3 Å². The van der Waals surface area contributed by atoms with Crippen LogP contribution in [0, 0.1) is 0 Å². The van der Waals surface area contributed by atoms with Crippen molar-refractivity contribution in [2.75, 3.05) is 21.3 Å². The van der Waals surface area contributed by atoms with Crippen LogP contribution in [0.15, 0.2) is 70.1 Å². The molecule has 0 amide bonds. The minimum Gasteiger partial charge on any atom is -0.496 e. The van der Waals surface area contributed by atoms with Crippen molar-refractivity contribution in [3.05, 3.63) is 82.2 Å². The van der Waals surface area contributed by atoms with Crippen molar-refractivity contribution in [1.29, 1.82) is 0 Å². The van der Waals surface area contributed by atoms with Gasteiger partial charge >= 0.3 is 6.18 Å². The molecule has 6 nitrogen and oxygen atoms in total. The van der Waals surface area contributed by atoms with Crippen molar-refractivity contribution in [2.24, 2.45) is 0 Å². The zero-order valence-corrected chi connectivity index (χ0v) is 19.1. The first-order valence-corrected chi connectivity index (χ1v) is 10.4. The van der Waals surface area contributed by atoms with Crippen LogP contribution >= 0.6 is 0 Å².